The summed E-state index contributed by atoms with van der Waals surface area (Å²) in [6.07, 6.45) is 0. The van der Waals surface area contributed by atoms with Gasteiger partial charge < -0.3 is 4.90 Å². The van der Waals surface area contributed by atoms with Crippen molar-refractivity contribution in [1.29, 1.82) is 0 Å². The quantitative estimate of drug-likeness (QED) is 0.605. The highest BCUT2D eigenvalue weighted by molar-refractivity contribution is 6.69. The van der Waals surface area contributed by atoms with E-state index in [0.717, 1.165) is 5.69 Å². The minimum atomic E-state index is -1.91. The van der Waals surface area contributed by atoms with Gasteiger partial charge in [0, 0.05) is 25.3 Å². The lowest BCUT2D eigenvalue weighted by atomic mass is 10.1. The van der Waals surface area contributed by atoms with E-state index in [1.165, 1.54) is 0 Å². The molecule has 0 saturated heterocycles. The maximum atomic E-state index is 6.05. The monoisotopic (exact) mass is 432 g/mol. The minimum Gasteiger partial charge on any atom is -0.378 e. The Hall–Kier alpha value is -0.230. The van der Waals surface area contributed by atoms with E-state index in [9.17, 15) is 0 Å². The van der Waals surface area contributed by atoms with Gasteiger partial charge in [-0.3, -0.25) is 0 Å². The van der Waals surface area contributed by atoms with Crippen LogP contribution in [0.1, 0.15) is 11.3 Å². The number of benzene rings is 1. The Morgan fingerprint density at radius 3 is 1.83 bits per heavy atom. The number of halogens is 6. The molecule has 1 heterocycles. The van der Waals surface area contributed by atoms with Crippen molar-refractivity contribution >= 4 is 75.3 Å². The molecule has 23 heavy (non-hydrogen) atoms. The van der Waals surface area contributed by atoms with Gasteiger partial charge in [-0.25, -0.2) is 0 Å². The Kier molecular flexibility index (Phi) is 5.77. The van der Waals surface area contributed by atoms with E-state index in [1.54, 1.807) is 12.1 Å². The predicted octanol–water partition coefficient (Wildman–Crippen LogP) is 5.26. The summed E-state index contributed by atoms with van der Waals surface area (Å²) < 4.78 is -3.80. The normalized spacial score (nSPS) is 12.3. The lowest BCUT2D eigenvalue weighted by Gasteiger charge is -2.21. The first-order chi connectivity index (χ1) is 10.5. The van der Waals surface area contributed by atoms with Crippen molar-refractivity contribution in [2.45, 2.75) is 7.59 Å². The number of anilines is 1. The van der Waals surface area contributed by atoms with Crippen LogP contribution in [0.2, 0.25) is 0 Å². The first kappa shape index (κ1) is 19.1. The van der Waals surface area contributed by atoms with Gasteiger partial charge in [0.15, 0.2) is 0 Å². The maximum Gasteiger partial charge on any atom is 0.234 e. The summed E-state index contributed by atoms with van der Waals surface area (Å²) in [5.41, 5.74) is 1.93. The average molecular weight is 435 g/mol. The zero-order chi connectivity index (χ0) is 17.4. The van der Waals surface area contributed by atoms with Gasteiger partial charge in [-0.2, -0.15) is 0 Å². The SMILES string of the molecule is CN(C)c1ccc(-c2nnnc(C(Cl)(Cl)Cl)c2C(Cl)(Cl)Cl)cc1. The average Bonchev–Trinajstić information content (AvgIpc) is 2.44. The molecule has 2 aromatic rings. The van der Waals surface area contributed by atoms with Gasteiger partial charge in [0.2, 0.25) is 7.59 Å². The highest BCUT2D eigenvalue weighted by atomic mass is 35.6. The summed E-state index contributed by atoms with van der Waals surface area (Å²) in [5.74, 6) is 0. The lowest BCUT2D eigenvalue weighted by molar-refractivity contribution is 0.800. The van der Waals surface area contributed by atoms with Crippen molar-refractivity contribution in [2.24, 2.45) is 0 Å². The van der Waals surface area contributed by atoms with Crippen molar-refractivity contribution in [3.05, 3.63) is 35.5 Å². The lowest BCUT2D eigenvalue weighted by Crippen LogP contribution is -2.18. The third kappa shape index (κ3) is 4.44. The second-order valence-electron chi connectivity index (χ2n) is 4.80. The number of hydrogen-bond donors (Lipinski definition) is 0. The highest BCUT2D eigenvalue weighted by Crippen LogP contribution is 2.49. The van der Waals surface area contributed by atoms with Crippen molar-refractivity contribution in [2.75, 3.05) is 19.0 Å². The molecule has 0 unspecified atom stereocenters. The van der Waals surface area contributed by atoms with Gasteiger partial charge in [0.05, 0.1) is 5.56 Å². The number of rotatable bonds is 2. The number of nitrogens with zero attached hydrogens (tertiary/aromatic N) is 4. The van der Waals surface area contributed by atoms with E-state index < -0.39 is 7.59 Å². The number of aromatic nitrogens is 3. The van der Waals surface area contributed by atoms with Gasteiger partial charge in [-0.1, -0.05) is 81.7 Å². The molecular formula is C13H10Cl6N4. The Labute approximate surface area is 163 Å². The van der Waals surface area contributed by atoms with Crippen LogP contribution in [0, 0.1) is 0 Å². The summed E-state index contributed by atoms with van der Waals surface area (Å²) in [6.45, 7) is 0. The van der Waals surface area contributed by atoms with Crippen LogP contribution in [0.25, 0.3) is 11.3 Å². The molecule has 0 bridgehead atoms. The molecule has 0 aliphatic rings. The van der Waals surface area contributed by atoms with E-state index in [0.29, 0.717) is 5.56 Å². The molecule has 0 saturated carbocycles. The van der Waals surface area contributed by atoms with Crippen LogP contribution in [0.3, 0.4) is 0 Å². The third-order valence-corrected chi connectivity index (χ3v) is 4.08. The minimum absolute atomic E-state index is 0.0788. The van der Waals surface area contributed by atoms with Crippen LogP contribution in [0.4, 0.5) is 5.69 Å². The van der Waals surface area contributed by atoms with Gasteiger partial charge in [0.1, 0.15) is 11.4 Å². The van der Waals surface area contributed by atoms with Gasteiger partial charge in [-0.15, -0.1) is 10.2 Å². The van der Waals surface area contributed by atoms with E-state index in [-0.39, 0.29) is 17.0 Å². The molecule has 0 spiro atoms. The first-order valence-electron chi connectivity index (χ1n) is 6.17. The fourth-order valence-electron chi connectivity index (χ4n) is 1.91. The van der Waals surface area contributed by atoms with Crippen molar-refractivity contribution in [3.63, 3.8) is 0 Å². The molecule has 10 heteroatoms. The number of alkyl halides is 6. The molecule has 0 fully saturated rings. The third-order valence-electron chi connectivity index (χ3n) is 2.97. The predicted molar refractivity (Wildman–Crippen MR) is 98.1 cm³/mol. The Balaban J connectivity index is 2.67. The van der Waals surface area contributed by atoms with E-state index in [2.05, 4.69) is 15.4 Å². The topological polar surface area (TPSA) is 41.9 Å². The molecule has 2 rings (SSSR count). The van der Waals surface area contributed by atoms with E-state index >= 15 is 0 Å². The summed E-state index contributed by atoms with van der Waals surface area (Å²) >= 11 is 35.9. The zero-order valence-electron chi connectivity index (χ0n) is 11.9. The van der Waals surface area contributed by atoms with Crippen LogP contribution >= 0.6 is 69.6 Å². The van der Waals surface area contributed by atoms with Crippen LogP contribution < -0.4 is 4.90 Å². The van der Waals surface area contributed by atoms with Crippen molar-refractivity contribution in [3.8, 4) is 11.3 Å². The summed E-state index contributed by atoms with van der Waals surface area (Å²) in [6, 6.07) is 7.38. The van der Waals surface area contributed by atoms with Crippen molar-refractivity contribution < 1.29 is 0 Å². The van der Waals surface area contributed by atoms with E-state index in [1.807, 2.05) is 31.1 Å². The smallest absolute Gasteiger partial charge is 0.234 e. The second-order valence-corrected chi connectivity index (χ2v) is 9.36. The molecule has 0 radical (unpaired) electrons. The molecule has 0 atom stereocenters. The first-order valence-corrected chi connectivity index (χ1v) is 8.44. The summed E-state index contributed by atoms with van der Waals surface area (Å²) in [7, 11) is 3.85. The Bertz CT molecular complexity index is 691. The maximum absolute atomic E-state index is 6.05. The molecule has 0 aliphatic heterocycles. The molecule has 1 aromatic heterocycles. The second kappa shape index (κ2) is 6.95. The molecule has 4 nitrogen and oxygen atoms in total. The highest BCUT2D eigenvalue weighted by Gasteiger charge is 2.40. The zero-order valence-corrected chi connectivity index (χ0v) is 16.4. The van der Waals surface area contributed by atoms with Gasteiger partial charge in [-0.05, 0) is 17.3 Å². The van der Waals surface area contributed by atoms with Crippen LogP contribution in [-0.2, 0) is 7.59 Å². The van der Waals surface area contributed by atoms with Crippen LogP contribution in [0.15, 0.2) is 24.3 Å². The Morgan fingerprint density at radius 1 is 0.826 bits per heavy atom. The molecule has 124 valence electrons. The summed E-state index contributed by atoms with van der Waals surface area (Å²) in [5, 5.41) is 11.3. The van der Waals surface area contributed by atoms with Gasteiger partial charge >= 0.3 is 0 Å². The fourth-order valence-corrected chi connectivity index (χ4v) is 2.84. The number of hydrogen-bond acceptors (Lipinski definition) is 4. The molecule has 1 aromatic carbocycles. The van der Waals surface area contributed by atoms with E-state index in [4.69, 9.17) is 69.6 Å². The summed E-state index contributed by atoms with van der Waals surface area (Å²) in [4.78, 5) is 1.95. The largest absolute Gasteiger partial charge is 0.378 e. The van der Waals surface area contributed by atoms with Crippen LogP contribution in [-0.4, -0.2) is 29.5 Å². The molecule has 0 N–H and O–H groups in total. The standard InChI is InChI=1S/C13H10Cl6N4/c1-23(2)8-5-3-7(4-6-8)10-9(12(14,15)16)11(13(17,18)19)21-22-20-10/h3-6H,1-2H3. The fraction of sp³-hybridized carbons (Fsp3) is 0.308. The van der Waals surface area contributed by atoms with Gasteiger partial charge in [0.25, 0.3) is 0 Å². The van der Waals surface area contributed by atoms with Crippen LogP contribution in [0.5, 0.6) is 0 Å². The van der Waals surface area contributed by atoms with Crippen molar-refractivity contribution in [1.82, 2.24) is 15.4 Å². The Morgan fingerprint density at radius 2 is 1.39 bits per heavy atom. The molecule has 0 amide bonds. The molecule has 0 aliphatic carbocycles. The molecular weight excluding hydrogens is 425 g/mol.